The number of pyridine rings is 1. The van der Waals surface area contributed by atoms with E-state index < -0.39 is 0 Å². The highest BCUT2D eigenvalue weighted by atomic mass is 14.8. The highest BCUT2D eigenvalue weighted by molar-refractivity contribution is 5.90. The summed E-state index contributed by atoms with van der Waals surface area (Å²) in [5, 5.41) is 1.07. The van der Waals surface area contributed by atoms with Gasteiger partial charge in [0.05, 0.1) is 11.2 Å². The number of rotatable bonds is 2. The van der Waals surface area contributed by atoms with Gasteiger partial charge in [-0.05, 0) is 54.7 Å². The van der Waals surface area contributed by atoms with Crippen LogP contribution in [0.25, 0.3) is 22.0 Å². The van der Waals surface area contributed by atoms with Crippen molar-refractivity contribution in [3.8, 4) is 0 Å². The second-order valence-electron chi connectivity index (χ2n) is 6.97. The van der Waals surface area contributed by atoms with Crippen molar-refractivity contribution in [1.29, 1.82) is 0 Å². The van der Waals surface area contributed by atoms with Crippen molar-refractivity contribution in [2.75, 3.05) is 0 Å². The van der Waals surface area contributed by atoms with Gasteiger partial charge in [0, 0.05) is 35.3 Å². The largest absolute Gasteiger partial charge is 0.260 e. The monoisotopic (exact) mass is 337 g/mol. The van der Waals surface area contributed by atoms with Crippen LogP contribution in [0.1, 0.15) is 42.1 Å². The van der Waals surface area contributed by atoms with Crippen molar-refractivity contribution in [2.45, 2.75) is 26.2 Å². The van der Waals surface area contributed by atoms with Crippen LogP contribution in [0.4, 0.5) is 0 Å². The van der Waals surface area contributed by atoms with Crippen LogP contribution in [0, 0.1) is 0 Å². The van der Waals surface area contributed by atoms with E-state index in [1.54, 1.807) is 6.33 Å². The van der Waals surface area contributed by atoms with Crippen LogP contribution in [0.5, 0.6) is 0 Å². The molecule has 0 amide bonds. The van der Waals surface area contributed by atoms with E-state index in [0.717, 1.165) is 35.9 Å². The molecule has 0 unspecified atom stereocenters. The predicted molar refractivity (Wildman–Crippen MR) is 106 cm³/mol. The van der Waals surface area contributed by atoms with E-state index in [-0.39, 0.29) is 0 Å². The standard InChI is InChI=1S/C23H19N3/c1-15-4-2-3-5-19(15)17-11-21-20(7-9-23(21)25-13-17)16-6-8-22-18(10-16)12-24-14-26-22/h3,5-8,10-14H,2,4,9H2,1H3. The fourth-order valence-corrected chi connectivity index (χ4v) is 3.89. The Morgan fingerprint density at radius 1 is 1.00 bits per heavy atom. The lowest BCUT2D eigenvalue weighted by atomic mass is 9.92. The molecule has 0 fully saturated rings. The van der Waals surface area contributed by atoms with Gasteiger partial charge in [-0.3, -0.25) is 4.98 Å². The zero-order valence-electron chi connectivity index (χ0n) is 14.7. The van der Waals surface area contributed by atoms with Crippen molar-refractivity contribution < 1.29 is 0 Å². The fraction of sp³-hybridized carbons (Fsp3) is 0.174. The van der Waals surface area contributed by atoms with E-state index in [1.807, 2.05) is 12.4 Å². The molecule has 2 aliphatic rings. The van der Waals surface area contributed by atoms with Gasteiger partial charge in [-0.15, -0.1) is 0 Å². The molecule has 0 radical (unpaired) electrons. The van der Waals surface area contributed by atoms with Crippen LogP contribution in [0.3, 0.4) is 0 Å². The highest BCUT2D eigenvalue weighted by Crippen LogP contribution is 2.36. The second-order valence-corrected chi connectivity index (χ2v) is 6.97. The van der Waals surface area contributed by atoms with Gasteiger partial charge in [0.15, 0.2) is 0 Å². The van der Waals surface area contributed by atoms with E-state index in [4.69, 9.17) is 4.98 Å². The van der Waals surface area contributed by atoms with Crippen LogP contribution in [0.15, 0.2) is 66.8 Å². The Hall–Kier alpha value is -3.07. The predicted octanol–water partition coefficient (Wildman–Crippen LogP) is 5.14. The average molecular weight is 337 g/mol. The molecular weight excluding hydrogens is 318 g/mol. The van der Waals surface area contributed by atoms with E-state index in [0.29, 0.717) is 0 Å². The summed E-state index contributed by atoms with van der Waals surface area (Å²) in [7, 11) is 0. The van der Waals surface area contributed by atoms with Crippen LogP contribution >= 0.6 is 0 Å². The quantitative estimate of drug-likeness (QED) is 0.650. The minimum Gasteiger partial charge on any atom is -0.260 e. The first-order valence-corrected chi connectivity index (χ1v) is 9.06. The number of fused-ring (bicyclic) bond motifs is 2. The summed E-state index contributed by atoms with van der Waals surface area (Å²) in [5.74, 6) is 0. The van der Waals surface area contributed by atoms with Gasteiger partial charge in [0.1, 0.15) is 6.33 Å². The van der Waals surface area contributed by atoms with Gasteiger partial charge in [-0.2, -0.15) is 0 Å². The maximum atomic E-state index is 4.76. The summed E-state index contributed by atoms with van der Waals surface area (Å²) in [6.07, 6.45) is 15.4. The number of benzene rings is 1. The van der Waals surface area contributed by atoms with E-state index in [2.05, 4.69) is 59.4 Å². The van der Waals surface area contributed by atoms with Gasteiger partial charge in [-0.25, -0.2) is 9.97 Å². The SMILES string of the molecule is CC1=C(c2cnc3c(c2)C(c2ccc4ncncc4c2)=CC3)C=CCC1. The minimum atomic E-state index is 0.891. The van der Waals surface area contributed by atoms with Crippen LogP contribution in [-0.2, 0) is 6.42 Å². The Kier molecular flexibility index (Phi) is 3.52. The number of hydrogen-bond donors (Lipinski definition) is 0. The van der Waals surface area contributed by atoms with Gasteiger partial charge in [0.25, 0.3) is 0 Å². The summed E-state index contributed by atoms with van der Waals surface area (Å²) < 4.78 is 0. The number of nitrogens with zero attached hydrogens (tertiary/aromatic N) is 3. The third kappa shape index (κ3) is 2.48. The fourth-order valence-electron chi connectivity index (χ4n) is 3.89. The normalized spacial score (nSPS) is 16.1. The van der Waals surface area contributed by atoms with Crippen LogP contribution in [0.2, 0.25) is 0 Å². The van der Waals surface area contributed by atoms with Gasteiger partial charge in [-0.1, -0.05) is 29.9 Å². The molecule has 26 heavy (non-hydrogen) atoms. The van der Waals surface area contributed by atoms with Gasteiger partial charge >= 0.3 is 0 Å². The van der Waals surface area contributed by atoms with Crippen LogP contribution in [-0.4, -0.2) is 15.0 Å². The molecule has 2 aromatic heterocycles. The van der Waals surface area contributed by atoms with E-state index >= 15 is 0 Å². The Morgan fingerprint density at radius 3 is 2.88 bits per heavy atom. The Bertz CT molecular complexity index is 1120. The molecule has 2 heterocycles. The summed E-state index contributed by atoms with van der Waals surface area (Å²) in [4.78, 5) is 13.2. The lowest BCUT2D eigenvalue weighted by Crippen LogP contribution is -1.97. The molecule has 0 saturated carbocycles. The zero-order valence-corrected chi connectivity index (χ0v) is 14.7. The maximum Gasteiger partial charge on any atom is 0.116 e. The second kappa shape index (κ2) is 6.03. The number of hydrogen-bond acceptors (Lipinski definition) is 3. The molecule has 0 N–H and O–H groups in total. The van der Waals surface area contributed by atoms with Crippen molar-refractivity contribution in [1.82, 2.24) is 15.0 Å². The molecule has 0 spiro atoms. The molecule has 0 saturated heterocycles. The van der Waals surface area contributed by atoms with Crippen molar-refractivity contribution in [3.05, 3.63) is 89.2 Å². The average Bonchev–Trinajstić information content (AvgIpc) is 3.11. The third-order valence-corrected chi connectivity index (χ3v) is 5.32. The Labute approximate surface area is 152 Å². The molecular formula is C23H19N3. The molecule has 3 aromatic rings. The lowest BCUT2D eigenvalue weighted by molar-refractivity contribution is 0.966. The zero-order chi connectivity index (χ0) is 17.5. The summed E-state index contributed by atoms with van der Waals surface area (Å²) in [6, 6.07) is 8.70. The first kappa shape index (κ1) is 15.2. The molecule has 3 nitrogen and oxygen atoms in total. The van der Waals surface area contributed by atoms with Crippen LogP contribution < -0.4 is 0 Å². The first-order valence-electron chi connectivity index (χ1n) is 9.06. The van der Waals surface area contributed by atoms with E-state index in [1.165, 1.54) is 33.4 Å². The van der Waals surface area contributed by atoms with Gasteiger partial charge < -0.3 is 0 Å². The molecule has 126 valence electrons. The maximum absolute atomic E-state index is 4.76. The number of allylic oxidation sites excluding steroid dienone is 5. The summed E-state index contributed by atoms with van der Waals surface area (Å²) in [6.45, 7) is 2.23. The molecule has 0 atom stereocenters. The third-order valence-electron chi connectivity index (χ3n) is 5.32. The van der Waals surface area contributed by atoms with Crippen molar-refractivity contribution >= 4 is 22.0 Å². The number of aromatic nitrogens is 3. The lowest BCUT2D eigenvalue weighted by Gasteiger charge is -2.14. The molecule has 5 rings (SSSR count). The summed E-state index contributed by atoms with van der Waals surface area (Å²) in [5.41, 5.74) is 9.83. The van der Waals surface area contributed by atoms with Crippen molar-refractivity contribution in [2.24, 2.45) is 0 Å². The molecule has 1 aromatic carbocycles. The Balaban J connectivity index is 1.60. The minimum absolute atomic E-state index is 0.891. The Morgan fingerprint density at radius 2 is 1.96 bits per heavy atom. The molecule has 3 heteroatoms. The smallest absolute Gasteiger partial charge is 0.116 e. The molecule has 0 aliphatic heterocycles. The molecule has 0 bridgehead atoms. The highest BCUT2D eigenvalue weighted by Gasteiger charge is 2.19. The van der Waals surface area contributed by atoms with Gasteiger partial charge in [0.2, 0.25) is 0 Å². The molecule has 2 aliphatic carbocycles. The topological polar surface area (TPSA) is 38.7 Å². The first-order chi connectivity index (χ1) is 12.8. The van der Waals surface area contributed by atoms with E-state index in [9.17, 15) is 0 Å². The van der Waals surface area contributed by atoms with Crippen molar-refractivity contribution in [3.63, 3.8) is 0 Å². The summed E-state index contributed by atoms with van der Waals surface area (Å²) >= 11 is 0.